The lowest BCUT2D eigenvalue weighted by atomic mass is 9.94. The number of carbonyl (C=O) groups excluding carboxylic acids is 1. The molecule has 3 aliphatic heterocycles. The van der Waals surface area contributed by atoms with Crippen LogP contribution in [0.15, 0.2) is 24.3 Å². The lowest BCUT2D eigenvalue weighted by Gasteiger charge is -2.45. The Balaban J connectivity index is 1.38. The van der Waals surface area contributed by atoms with Gasteiger partial charge in [-0.1, -0.05) is 23.7 Å². The number of likely N-dealkylation sites (N-methyl/N-ethyl adjacent to an activating group) is 1. The summed E-state index contributed by atoms with van der Waals surface area (Å²) < 4.78 is 12.1. The van der Waals surface area contributed by atoms with E-state index in [9.17, 15) is 9.90 Å². The molecule has 172 valence electrons. The van der Waals surface area contributed by atoms with Gasteiger partial charge in [-0.25, -0.2) is 0 Å². The second kappa shape index (κ2) is 10.6. The highest BCUT2D eigenvalue weighted by Gasteiger charge is 2.38. The normalized spacial score (nSPS) is 31.0. The smallest absolute Gasteiger partial charge is 0.225 e. The van der Waals surface area contributed by atoms with Gasteiger partial charge in [0.15, 0.2) is 0 Å². The van der Waals surface area contributed by atoms with Gasteiger partial charge in [0.1, 0.15) is 0 Å². The minimum Gasteiger partial charge on any atom is -0.389 e. The van der Waals surface area contributed by atoms with Gasteiger partial charge < -0.3 is 24.4 Å². The molecular formula is C23H34ClN3O4. The molecule has 0 unspecified atom stereocenters. The van der Waals surface area contributed by atoms with Gasteiger partial charge in [-0.3, -0.25) is 9.69 Å². The average Bonchev–Trinajstić information content (AvgIpc) is 2.73. The minimum atomic E-state index is -0.531. The first-order chi connectivity index (χ1) is 15.0. The van der Waals surface area contributed by atoms with Crippen LogP contribution < -0.4 is 0 Å². The Bertz CT molecular complexity index is 743. The fourth-order valence-electron chi connectivity index (χ4n) is 4.88. The van der Waals surface area contributed by atoms with Gasteiger partial charge in [-0.15, -0.1) is 0 Å². The van der Waals surface area contributed by atoms with Crippen molar-refractivity contribution in [1.82, 2.24) is 14.7 Å². The van der Waals surface area contributed by atoms with Crippen molar-refractivity contribution in [3.8, 4) is 0 Å². The number of nitrogens with zero attached hydrogens (tertiary/aromatic N) is 3. The summed E-state index contributed by atoms with van der Waals surface area (Å²) in [7, 11) is 2.09. The Hall–Kier alpha value is -1.22. The molecule has 31 heavy (non-hydrogen) atoms. The van der Waals surface area contributed by atoms with E-state index in [0.717, 1.165) is 44.6 Å². The number of piperazine rings is 1. The molecule has 8 heteroatoms. The second-order valence-electron chi connectivity index (χ2n) is 9.08. The third kappa shape index (κ3) is 6.18. The largest absolute Gasteiger partial charge is 0.389 e. The molecule has 3 heterocycles. The van der Waals surface area contributed by atoms with Crippen LogP contribution in [0.1, 0.15) is 24.8 Å². The van der Waals surface area contributed by atoms with E-state index in [-0.39, 0.29) is 24.2 Å². The highest BCUT2D eigenvalue weighted by Crippen LogP contribution is 2.29. The minimum absolute atomic E-state index is 0.0747. The van der Waals surface area contributed by atoms with Crippen LogP contribution in [0.4, 0.5) is 0 Å². The van der Waals surface area contributed by atoms with Crippen molar-refractivity contribution in [2.24, 2.45) is 0 Å². The van der Waals surface area contributed by atoms with Crippen molar-refractivity contribution >= 4 is 17.5 Å². The van der Waals surface area contributed by atoms with Gasteiger partial charge in [-0.2, -0.15) is 0 Å². The molecule has 1 N–H and O–H groups in total. The van der Waals surface area contributed by atoms with E-state index in [2.05, 4.69) is 22.9 Å². The van der Waals surface area contributed by atoms with E-state index in [0.29, 0.717) is 37.7 Å². The maximum atomic E-state index is 12.8. The lowest BCUT2D eigenvalue weighted by Crippen LogP contribution is -2.55. The van der Waals surface area contributed by atoms with Crippen molar-refractivity contribution in [1.29, 1.82) is 0 Å². The summed E-state index contributed by atoms with van der Waals surface area (Å²) in [6, 6.07) is 8.00. The molecule has 0 bridgehead atoms. The van der Waals surface area contributed by atoms with E-state index >= 15 is 0 Å². The molecule has 3 fully saturated rings. The van der Waals surface area contributed by atoms with Crippen LogP contribution in [-0.2, 0) is 20.8 Å². The Kier molecular flexibility index (Phi) is 7.85. The van der Waals surface area contributed by atoms with Gasteiger partial charge in [0.25, 0.3) is 0 Å². The van der Waals surface area contributed by atoms with Gasteiger partial charge in [0, 0.05) is 50.3 Å². The molecule has 0 saturated carbocycles. The van der Waals surface area contributed by atoms with Gasteiger partial charge >= 0.3 is 0 Å². The Morgan fingerprint density at radius 2 is 2.00 bits per heavy atom. The van der Waals surface area contributed by atoms with Crippen molar-refractivity contribution in [3.05, 3.63) is 34.9 Å². The van der Waals surface area contributed by atoms with Crippen LogP contribution in [-0.4, -0.2) is 103 Å². The van der Waals surface area contributed by atoms with Crippen LogP contribution in [0.25, 0.3) is 0 Å². The average molecular weight is 452 g/mol. The Morgan fingerprint density at radius 3 is 2.77 bits per heavy atom. The first-order valence-electron chi connectivity index (χ1n) is 11.3. The van der Waals surface area contributed by atoms with Crippen molar-refractivity contribution in [2.75, 3.05) is 53.0 Å². The fourth-order valence-corrected chi connectivity index (χ4v) is 5.09. The molecule has 0 aliphatic carbocycles. The molecule has 0 radical (unpaired) electrons. The third-order valence-corrected chi connectivity index (χ3v) is 6.86. The molecule has 4 rings (SSSR count). The highest BCUT2D eigenvalue weighted by atomic mass is 35.5. The van der Waals surface area contributed by atoms with E-state index in [4.69, 9.17) is 21.1 Å². The van der Waals surface area contributed by atoms with Crippen LogP contribution in [0.3, 0.4) is 0 Å². The number of fused-ring (bicyclic) bond motifs is 1. The monoisotopic (exact) mass is 451 g/mol. The molecular weight excluding hydrogens is 418 g/mol. The van der Waals surface area contributed by atoms with Gasteiger partial charge in [0.2, 0.25) is 5.91 Å². The number of amides is 1. The standard InChI is InChI=1S/C23H34ClN3O4/c1-25-7-9-26(10-8-25)23(29)12-20-5-6-21-22(31-20)16-30-15-19(28)14-27(21)13-17-3-2-4-18(24)11-17/h2-4,11,19-22,28H,5-10,12-16H2,1H3/t19-,20+,21-,22+/m0/s1. The van der Waals surface area contributed by atoms with Crippen molar-refractivity contribution in [3.63, 3.8) is 0 Å². The number of hydrogen-bond acceptors (Lipinski definition) is 6. The number of β-amino-alcohol motifs (C(OH)–C–C–N with tert-alkyl or cyclic N) is 1. The summed E-state index contributed by atoms with van der Waals surface area (Å²) in [4.78, 5) is 19.3. The summed E-state index contributed by atoms with van der Waals surface area (Å²) in [6.45, 7) is 5.41. The number of rotatable bonds is 4. The fraction of sp³-hybridized carbons (Fsp3) is 0.696. The number of aliphatic hydroxyl groups excluding tert-OH is 1. The first kappa shape index (κ1) is 23.0. The van der Waals surface area contributed by atoms with Crippen molar-refractivity contribution in [2.45, 2.75) is 50.2 Å². The third-order valence-electron chi connectivity index (χ3n) is 6.62. The molecule has 1 aromatic carbocycles. The zero-order valence-electron chi connectivity index (χ0n) is 18.3. The van der Waals surface area contributed by atoms with E-state index in [1.165, 1.54) is 0 Å². The number of benzene rings is 1. The van der Waals surface area contributed by atoms with Crippen LogP contribution >= 0.6 is 11.6 Å². The second-order valence-corrected chi connectivity index (χ2v) is 9.52. The molecule has 4 atom stereocenters. The number of aliphatic hydroxyl groups is 1. The SMILES string of the molecule is CN1CCN(C(=O)C[C@H]2CC[C@H]3[C@@H](COC[C@@H](O)CN3Cc3cccc(Cl)c3)O2)CC1. The maximum absolute atomic E-state index is 12.8. The number of carbonyl (C=O) groups is 1. The summed E-state index contributed by atoms with van der Waals surface area (Å²) in [6.07, 6.45) is 1.48. The Labute approximate surface area is 189 Å². The van der Waals surface area contributed by atoms with Crippen molar-refractivity contribution < 1.29 is 19.4 Å². The van der Waals surface area contributed by atoms with Crippen LogP contribution in [0, 0.1) is 0 Å². The molecule has 7 nitrogen and oxygen atoms in total. The lowest BCUT2D eigenvalue weighted by molar-refractivity contribution is -0.161. The highest BCUT2D eigenvalue weighted by molar-refractivity contribution is 6.30. The quantitative estimate of drug-likeness (QED) is 0.750. The first-order valence-corrected chi connectivity index (χ1v) is 11.7. The summed E-state index contributed by atoms with van der Waals surface area (Å²) in [5.74, 6) is 0.189. The van der Waals surface area contributed by atoms with E-state index < -0.39 is 6.10 Å². The predicted octanol–water partition coefficient (Wildman–Crippen LogP) is 1.61. The Morgan fingerprint density at radius 1 is 1.19 bits per heavy atom. The molecule has 1 amide bonds. The van der Waals surface area contributed by atoms with Crippen LogP contribution in [0.5, 0.6) is 0 Å². The molecule has 3 saturated heterocycles. The maximum Gasteiger partial charge on any atom is 0.225 e. The van der Waals surface area contributed by atoms with Crippen LogP contribution in [0.2, 0.25) is 5.02 Å². The number of ether oxygens (including phenoxy) is 2. The molecule has 0 aromatic heterocycles. The van der Waals surface area contributed by atoms with Gasteiger partial charge in [0.05, 0.1) is 37.9 Å². The zero-order chi connectivity index (χ0) is 21.8. The summed E-state index contributed by atoms with van der Waals surface area (Å²) in [5.41, 5.74) is 1.12. The zero-order valence-corrected chi connectivity index (χ0v) is 19.0. The topological polar surface area (TPSA) is 65.5 Å². The summed E-state index contributed by atoms with van der Waals surface area (Å²) >= 11 is 6.18. The number of hydrogen-bond donors (Lipinski definition) is 1. The molecule has 3 aliphatic rings. The van der Waals surface area contributed by atoms with Gasteiger partial charge in [-0.05, 0) is 37.6 Å². The van der Waals surface area contributed by atoms with E-state index in [1.807, 2.05) is 23.1 Å². The van der Waals surface area contributed by atoms with E-state index in [1.54, 1.807) is 0 Å². The number of halogens is 1. The predicted molar refractivity (Wildman–Crippen MR) is 119 cm³/mol. The summed E-state index contributed by atoms with van der Waals surface area (Å²) in [5, 5.41) is 11.1. The molecule has 1 aromatic rings. The molecule has 0 spiro atoms.